The van der Waals surface area contributed by atoms with Crippen molar-refractivity contribution in [1.29, 1.82) is 0 Å². The van der Waals surface area contributed by atoms with Crippen LogP contribution in [0.1, 0.15) is 59.8 Å². The Morgan fingerprint density at radius 1 is 1.32 bits per heavy atom. The van der Waals surface area contributed by atoms with Crippen LogP contribution >= 0.6 is 8.58 Å². The number of methoxy groups -OCH3 is 1. The number of ether oxygens (including phenoxy) is 1. The van der Waals surface area contributed by atoms with Crippen LogP contribution < -0.4 is 5.30 Å². The van der Waals surface area contributed by atoms with Crippen LogP contribution in [0.2, 0.25) is 0 Å². The van der Waals surface area contributed by atoms with Gasteiger partial charge in [-0.3, -0.25) is 4.79 Å². The van der Waals surface area contributed by atoms with Gasteiger partial charge in [-0.1, -0.05) is 45.0 Å². The quantitative estimate of drug-likeness (QED) is 0.362. The van der Waals surface area contributed by atoms with E-state index in [1.54, 1.807) is 0 Å². The van der Waals surface area contributed by atoms with E-state index in [1.165, 1.54) is 66.5 Å². The van der Waals surface area contributed by atoms with Gasteiger partial charge in [0.05, 0.1) is 13.0 Å². The summed E-state index contributed by atoms with van der Waals surface area (Å²) in [5.41, 5.74) is 7.73. The zero-order valence-corrected chi connectivity index (χ0v) is 17.9. The molecule has 2 nitrogen and oxygen atoms in total. The molecule has 0 N–H and O–H groups in total. The number of fused-ring (bicyclic) bond motifs is 1. The molecule has 1 aliphatic heterocycles. The first kappa shape index (κ1) is 19.4. The zero-order chi connectivity index (χ0) is 19.7. The summed E-state index contributed by atoms with van der Waals surface area (Å²) in [5, 5.41) is 1.52. The maximum absolute atomic E-state index is 12.7. The molecule has 2 atom stereocenters. The molecule has 28 heavy (non-hydrogen) atoms. The molecular formula is C25H29O2P. The molecule has 146 valence electrons. The van der Waals surface area contributed by atoms with Crippen LogP contribution in [0, 0.1) is 6.92 Å². The molecule has 2 unspecified atom stereocenters. The third kappa shape index (κ3) is 3.67. The summed E-state index contributed by atoms with van der Waals surface area (Å²) in [5.74, 6) is 0.153. The number of allylic oxidation sites excluding steroid dienone is 1. The van der Waals surface area contributed by atoms with Crippen LogP contribution in [-0.4, -0.2) is 19.2 Å². The maximum atomic E-state index is 12.7. The van der Waals surface area contributed by atoms with E-state index in [0.29, 0.717) is 12.3 Å². The molecule has 0 amide bonds. The van der Waals surface area contributed by atoms with Crippen LogP contribution in [0.5, 0.6) is 0 Å². The molecule has 0 bridgehead atoms. The summed E-state index contributed by atoms with van der Waals surface area (Å²) in [6.45, 7) is 6.01. The molecular weight excluding hydrogens is 363 g/mol. The van der Waals surface area contributed by atoms with Gasteiger partial charge in [-0.05, 0) is 89.8 Å². The molecule has 1 heterocycles. The lowest BCUT2D eigenvalue weighted by Gasteiger charge is -2.24. The zero-order valence-electron chi connectivity index (χ0n) is 16.9. The summed E-state index contributed by atoms with van der Waals surface area (Å²) in [7, 11) is 2.41. The van der Waals surface area contributed by atoms with Crippen molar-refractivity contribution in [2.75, 3.05) is 13.3 Å². The second kappa shape index (κ2) is 8.21. The molecule has 0 spiro atoms. The molecule has 0 aromatic heterocycles. The maximum Gasteiger partial charge on any atom is 0.313 e. The van der Waals surface area contributed by atoms with Gasteiger partial charge in [-0.15, -0.1) is 6.58 Å². The van der Waals surface area contributed by atoms with E-state index in [9.17, 15) is 4.79 Å². The summed E-state index contributed by atoms with van der Waals surface area (Å²) in [6.07, 6.45) is 8.69. The highest BCUT2D eigenvalue weighted by atomic mass is 31.1. The molecule has 3 heteroatoms. The Labute approximate surface area is 170 Å². The number of benzene rings is 2. The highest BCUT2D eigenvalue weighted by Gasteiger charge is 2.32. The van der Waals surface area contributed by atoms with Crippen molar-refractivity contribution in [2.24, 2.45) is 0 Å². The van der Waals surface area contributed by atoms with Crippen LogP contribution in [0.25, 0.3) is 11.1 Å². The number of carbonyl (C=O) groups excluding carboxylic acids is 1. The van der Waals surface area contributed by atoms with E-state index < -0.39 is 0 Å². The first-order valence-corrected chi connectivity index (χ1v) is 11.5. The fourth-order valence-electron chi connectivity index (χ4n) is 4.52. The summed E-state index contributed by atoms with van der Waals surface area (Å²) >= 11 is 0. The minimum absolute atomic E-state index is 0.170. The number of aryl methyl sites for hydroxylation is 2. The van der Waals surface area contributed by atoms with Gasteiger partial charge in [0.1, 0.15) is 0 Å². The Bertz CT molecular complexity index is 911. The minimum atomic E-state index is -0.297. The molecule has 1 fully saturated rings. The molecule has 4 rings (SSSR count). The SMILES string of the molecule is C=CCC(C(=O)OC)c1c(C)ccc(C2CC2)c1-c1ccc2c(c1)CCCP2. The smallest absolute Gasteiger partial charge is 0.313 e. The van der Waals surface area contributed by atoms with Crippen molar-refractivity contribution < 1.29 is 9.53 Å². The van der Waals surface area contributed by atoms with E-state index in [2.05, 4.69) is 43.8 Å². The van der Waals surface area contributed by atoms with Crippen LogP contribution in [-0.2, 0) is 16.0 Å². The van der Waals surface area contributed by atoms with Crippen LogP contribution in [0.3, 0.4) is 0 Å². The van der Waals surface area contributed by atoms with E-state index in [-0.39, 0.29) is 11.9 Å². The fraction of sp³-hybridized carbons (Fsp3) is 0.400. The molecule has 2 aromatic carbocycles. The number of hydrogen-bond acceptors (Lipinski definition) is 2. The van der Waals surface area contributed by atoms with Crippen LogP contribution in [0.4, 0.5) is 0 Å². The lowest BCUT2D eigenvalue weighted by atomic mass is 9.81. The van der Waals surface area contributed by atoms with Gasteiger partial charge in [-0.25, -0.2) is 0 Å². The summed E-state index contributed by atoms with van der Waals surface area (Å²) in [6, 6.07) is 11.5. The molecule has 0 saturated heterocycles. The highest BCUT2D eigenvalue weighted by Crippen LogP contribution is 2.48. The van der Waals surface area contributed by atoms with Crippen molar-refractivity contribution in [1.82, 2.24) is 0 Å². The highest BCUT2D eigenvalue weighted by molar-refractivity contribution is 7.47. The predicted molar refractivity (Wildman–Crippen MR) is 119 cm³/mol. The van der Waals surface area contributed by atoms with Gasteiger partial charge in [0.2, 0.25) is 0 Å². The fourth-order valence-corrected chi connectivity index (χ4v) is 5.77. The predicted octanol–water partition coefficient (Wildman–Crippen LogP) is 5.62. The number of carbonyl (C=O) groups is 1. The minimum Gasteiger partial charge on any atom is -0.469 e. The standard InChI is InChI=1S/C25H29O2P/c1-4-6-21(25(26)27-3)23-16(2)8-12-20(17-9-10-17)24(23)19-11-13-22-18(15-19)7-5-14-28-22/h4,8,11-13,15,17,21,28H,1,5-7,9-10,14H2,2-3H3. The van der Waals surface area contributed by atoms with Crippen molar-refractivity contribution in [3.63, 3.8) is 0 Å². The first-order valence-electron chi connectivity index (χ1n) is 10.3. The Balaban J connectivity index is 1.92. The molecule has 1 saturated carbocycles. The Kier molecular flexibility index (Phi) is 5.69. The number of hydrogen-bond donors (Lipinski definition) is 0. The van der Waals surface area contributed by atoms with Gasteiger partial charge in [-0.2, -0.15) is 0 Å². The first-order chi connectivity index (χ1) is 13.6. The third-order valence-corrected chi connectivity index (χ3v) is 7.55. The third-order valence-electron chi connectivity index (χ3n) is 6.08. The van der Waals surface area contributed by atoms with E-state index in [4.69, 9.17) is 4.74 Å². The Morgan fingerprint density at radius 2 is 2.14 bits per heavy atom. The average Bonchev–Trinajstić information content (AvgIpc) is 3.56. The van der Waals surface area contributed by atoms with E-state index in [1.807, 2.05) is 6.08 Å². The molecule has 2 aromatic rings. The van der Waals surface area contributed by atoms with Crippen LogP contribution in [0.15, 0.2) is 43.0 Å². The normalized spacial score (nSPS) is 17.8. The molecule has 2 aliphatic rings. The van der Waals surface area contributed by atoms with Crippen molar-refractivity contribution in [3.8, 4) is 11.1 Å². The van der Waals surface area contributed by atoms with Gasteiger partial charge in [0.25, 0.3) is 0 Å². The van der Waals surface area contributed by atoms with Crippen molar-refractivity contribution in [2.45, 2.75) is 50.9 Å². The Morgan fingerprint density at radius 3 is 2.86 bits per heavy atom. The van der Waals surface area contributed by atoms with Gasteiger partial charge in [0, 0.05) is 0 Å². The van der Waals surface area contributed by atoms with Gasteiger partial charge >= 0.3 is 5.97 Å². The van der Waals surface area contributed by atoms with Crippen molar-refractivity contribution >= 4 is 19.9 Å². The van der Waals surface area contributed by atoms with E-state index >= 15 is 0 Å². The summed E-state index contributed by atoms with van der Waals surface area (Å²) in [4.78, 5) is 12.7. The topological polar surface area (TPSA) is 26.3 Å². The second-order valence-electron chi connectivity index (χ2n) is 8.04. The number of esters is 1. The second-order valence-corrected chi connectivity index (χ2v) is 9.43. The summed E-state index contributed by atoms with van der Waals surface area (Å²) < 4.78 is 5.19. The molecule has 1 aliphatic carbocycles. The van der Waals surface area contributed by atoms with E-state index in [0.717, 1.165) is 19.7 Å². The van der Waals surface area contributed by atoms with Crippen molar-refractivity contribution in [3.05, 3.63) is 65.2 Å². The number of rotatable bonds is 6. The molecule has 0 radical (unpaired) electrons. The van der Waals surface area contributed by atoms with Gasteiger partial charge < -0.3 is 4.74 Å². The van der Waals surface area contributed by atoms with Gasteiger partial charge in [0.15, 0.2) is 0 Å². The largest absolute Gasteiger partial charge is 0.469 e. The monoisotopic (exact) mass is 392 g/mol. The average molecular weight is 392 g/mol. The lowest BCUT2D eigenvalue weighted by Crippen LogP contribution is -2.17. The lowest BCUT2D eigenvalue weighted by molar-refractivity contribution is -0.142. The Hall–Kier alpha value is -1.92.